The van der Waals surface area contributed by atoms with Gasteiger partial charge in [0, 0.05) is 28.6 Å². The molecular weight excluding hydrogens is 416 g/mol. The molecule has 0 saturated carbocycles. The van der Waals surface area contributed by atoms with E-state index in [4.69, 9.17) is 14.7 Å². The van der Waals surface area contributed by atoms with Crippen molar-refractivity contribution in [1.82, 2.24) is 20.2 Å². The van der Waals surface area contributed by atoms with Crippen LogP contribution in [0.1, 0.15) is 6.92 Å². The molecule has 0 aliphatic rings. The number of amides is 1. The van der Waals surface area contributed by atoms with Crippen LogP contribution in [0, 0.1) is 0 Å². The quantitative estimate of drug-likeness (QED) is 0.334. The van der Waals surface area contributed by atoms with E-state index in [-0.39, 0.29) is 12.5 Å². The van der Waals surface area contributed by atoms with Crippen molar-refractivity contribution in [1.29, 1.82) is 0 Å². The summed E-state index contributed by atoms with van der Waals surface area (Å²) in [5, 5.41) is 15.3. The summed E-state index contributed by atoms with van der Waals surface area (Å²) in [5.41, 5.74) is 4.00. The van der Waals surface area contributed by atoms with E-state index in [1.807, 2.05) is 73.7 Å². The van der Waals surface area contributed by atoms with Crippen LogP contribution < -0.4 is 10.6 Å². The Morgan fingerprint density at radius 1 is 1.03 bits per heavy atom. The topological polar surface area (TPSA) is 105 Å². The van der Waals surface area contributed by atoms with Crippen LogP contribution in [0.2, 0.25) is 0 Å². The normalized spacial score (nSPS) is 11.1. The number of aromatic nitrogens is 4. The summed E-state index contributed by atoms with van der Waals surface area (Å²) in [7, 11) is 0. The number of fused-ring (bicyclic) bond motifs is 2. The molecule has 0 unspecified atom stereocenters. The fraction of sp³-hybridized carbons (Fsp3) is 0.120. The predicted molar refractivity (Wildman–Crippen MR) is 129 cm³/mol. The van der Waals surface area contributed by atoms with Crippen LogP contribution in [-0.2, 0) is 9.53 Å². The van der Waals surface area contributed by atoms with Crippen molar-refractivity contribution in [3.8, 4) is 11.4 Å². The molecule has 2 heterocycles. The number of nitrogens with zero attached hydrogens (tertiary/aromatic N) is 3. The van der Waals surface area contributed by atoms with Gasteiger partial charge < -0.3 is 15.4 Å². The van der Waals surface area contributed by atoms with Gasteiger partial charge in [-0.2, -0.15) is 5.10 Å². The zero-order chi connectivity index (χ0) is 22.6. The third-order valence-electron chi connectivity index (χ3n) is 5.19. The third-order valence-corrected chi connectivity index (χ3v) is 5.19. The fourth-order valence-electron chi connectivity index (χ4n) is 3.62. The summed E-state index contributed by atoms with van der Waals surface area (Å²) in [5.74, 6) is 0.957. The summed E-state index contributed by atoms with van der Waals surface area (Å²) in [6, 6.07) is 21.3. The number of carbonyl (C=O) groups is 1. The van der Waals surface area contributed by atoms with Gasteiger partial charge in [0.15, 0.2) is 5.82 Å². The Morgan fingerprint density at radius 3 is 2.79 bits per heavy atom. The smallest absolute Gasteiger partial charge is 0.250 e. The molecule has 0 saturated heterocycles. The minimum Gasteiger partial charge on any atom is -0.372 e. The lowest BCUT2D eigenvalue weighted by atomic mass is 10.1. The number of H-pyrrole nitrogens is 1. The summed E-state index contributed by atoms with van der Waals surface area (Å²) < 4.78 is 5.22. The molecule has 0 fully saturated rings. The molecule has 3 aromatic carbocycles. The van der Waals surface area contributed by atoms with Crippen LogP contribution in [0.25, 0.3) is 33.2 Å². The number of hydrogen-bond donors (Lipinski definition) is 3. The minimum absolute atomic E-state index is 0.00724. The SMILES string of the molecule is CCOCC(=O)Nc1ccccc1-c1nc(Nc2ccc3[nH]ncc3c2)c2ccccc2n1. The number of para-hydroxylation sites is 2. The standard InChI is InChI=1S/C25H22N6O2/c1-2-33-15-23(32)28-21-9-5-3-7-18(21)25-29-22-10-6-4-8-19(22)24(30-25)27-17-11-12-20-16(13-17)14-26-31-20/h3-14H,2,15H2,1H3,(H,26,31)(H,28,32)(H,27,29,30). The molecule has 0 bridgehead atoms. The van der Waals surface area contributed by atoms with E-state index in [1.165, 1.54) is 0 Å². The van der Waals surface area contributed by atoms with Gasteiger partial charge in [-0.3, -0.25) is 9.89 Å². The van der Waals surface area contributed by atoms with E-state index >= 15 is 0 Å². The molecule has 8 nitrogen and oxygen atoms in total. The first-order valence-corrected chi connectivity index (χ1v) is 10.6. The maximum atomic E-state index is 12.3. The molecule has 0 spiro atoms. The number of rotatable bonds is 7. The van der Waals surface area contributed by atoms with Crippen molar-refractivity contribution in [2.75, 3.05) is 23.8 Å². The van der Waals surface area contributed by atoms with Gasteiger partial charge in [-0.1, -0.05) is 24.3 Å². The second kappa shape index (κ2) is 9.05. The molecule has 5 rings (SSSR count). The van der Waals surface area contributed by atoms with E-state index in [0.29, 0.717) is 23.9 Å². The molecule has 0 atom stereocenters. The summed E-state index contributed by atoms with van der Waals surface area (Å²) >= 11 is 0. The largest absolute Gasteiger partial charge is 0.372 e. The van der Waals surface area contributed by atoms with Gasteiger partial charge >= 0.3 is 0 Å². The Labute approximate surface area is 190 Å². The van der Waals surface area contributed by atoms with E-state index in [9.17, 15) is 4.79 Å². The number of carbonyl (C=O) groups excluding carboxylic acids is 1. The Balaban J connectivity index is 1.56. The van der Waals surface area contributed by atoms with Crippen LogP contribution in [0.4, 0.5) is 17.2 Å². The van der Waals surface area contributed by atoms with E-state index in [0.717, 1.165) is 33.1 Å². The first-order chi connectivity index (χ1) is 16.2. The highest BCUT2D eigenvalue weighted by molar-refractivity contribution is 5.97. The second-order valence-electron chi connectivity index (χ2n) is 7.44. The van der Waals surface area contributed by atoms with Gasteiger partial charge in [-0.25, -0.2) is 9.97 Å². The Kier molecular flexibility index (Phi) is 5.65. The van der Waals surface area contributed by atoms with Crippen LogP contribution in [0.3, 0.4) is 0 Å². The molecule has 0 aliphatic carbocycles. The highest BCUT2D eigenvalue weighted by Gasteiger charge is 2.14. The van der Waals surface area contributed by atoms with Crippen molar-refractivity contribution in [2.45, 2.75) is 6.92 Å². The number of anilines is 3. The van der Waals surface area contributed by atoms with Crippen LogP contribution >= 0.6 is 0 Å². The lowest BCUT2D eigenvalue weighted by Crippen LogP contribution is -2.18. The molecule has 8 heteroatoms. The molecule has 2 aromatic heterocycles. The van der Waals surface area contributed by atoms with E-state index in [2.05, 4.69) is 20.8 Å². The number of hydrogen-bond acceptors (Lipinski definition) is 6. The maximum absolute atomic E-state index is 12.3. The fourth-order valence-corrected chi connectivity index (χ4v) is 3.62. The van der Waals surface area contributed by atoms with Gasteiger partial charge in [0.05, 0.1) is 22.9 Å². The third kappa shape index (κ3) is 4.37. The minimum atomic E-state index is -0.225. The van der Waals surface area contributed by atoms with E-state index < -0.39 is 0 Å². The molecule has 0 aliphatic heterocycles. The Bertz CT molecular complexity index is 1450. The Morgan fingerprint density at radius 2 is 1.88 bits per heavy atom. The van der Waals surface area contributed by atoms with Gasteiger partial charge in [0.1, 0.15) is 12.4 Å². The molecule has 1 amide bonds. The molecule has 3 N–H and O–H groups in total. The van der Waals surface area contributed by atoms with Crippen LogP contribution in [0.5, 0.6) is 0 Å². The van der Waals surface area contributed by atoms with Crippen molar-refractivity contribution >= 4 is 44.9 Å². The Hall–Kier alpha value is -4.30. The molecular formula is C25H22N6O2. The van der Waals surface area contributed by atoms with Gasteiger partial charge in [0.2, 0.25) is 5.91 Å². The lowest BCUT2D eigenvalue weighted by Gasteiger charge is -2.14. The van der Waals surface area contributed by atoms with Crippen molar-refractivity contribution in [3.63, 3.8) is 0 Å². The number of nitrogens with one attached hydrogen (secondary N) is 3. The summed E-state index contributed by atoms with van der Waals surface area (Å²) in [6.07, 6.45) is 1.78. The second-order valence-corrected chi connectivity index (χ2v) is 7.44. The van der Waals surface area contributed by atoms with Gasteiger partial charge in [-0.05, 0) is 49.4 Å². The highest BCUT2D eigenvalue weighted by atomic mass is 16.5. The number of ether oxygens (including phenoxy) is 1. The first-order valence-electron chi connectivity index (χ1n) is 10.6. The van der Waals surface area contributed by atoms with Gasteiger partial charge in [-0.15, -0.1) is 0 Å². The van der Waals surface area contributed by atoms with Crippen molar-refractivity contribution < 1.29 is 9.53 Å². The number of benzene rings is 3. The first kappa shape index (κ1) is 20.6. The number of aromatic amines is 1. The summed E-state index contributed by atoms with van der Waals surface area (Å²) in [4.78, 5) is 21.9. The van der Waals surface area contributed by atoms with Gasteiger partial charge in [0.25, 0.3) is 0 Å². The lowest BCUT2D eigenvalue weighted by molar-refractivity contribution is -0.120. The van der Waals surface area contributed by atoms with Crippen LogP contribution in [0.15, 0.2) is 72.9 Å². The predicted octanol–water partition coefficient (Wildman–Crippen LogP) is 4.89. The zero-order valence-corrected chi connectivity index (χ0v) is 18.0. The van der Waals surface area contributed by atoms with E-state index in [1.54, 1.807) is 6.20 Å². The average Bonchev–Trinajstić information content (AvgIpc) is 3.31. The molecule has 33 heavy (non-hydrogen) atoms. The molecule has 5 aromatic rings. The van der Waals surface area contributed by atoms with Crippen molar-refractivity contribution in [2.24, 2.45) is 0 Å². The molecule has 0 radical (unpaired) electrons. The average molecular weight is 438 g/mol. The monoisotopic (exact) mass is 438 g/mol. The van der Waals surface area contributed by atoms with Crippen LogP contribution in [-0.4, -0.2) is 39.3 Å². The van der Waals surface area contributed by atoms with Crippen molar-refractivity contribution in [3.05, 3.63) is 72.9 Å². The highest BCUT2D eigenvalue weighted by Crippen LogP contribution is 2.31. The summed E-state index contributed by atoms with van der Waals surface area (Å²) in [6.45, 7) is 2.32. The maximum Gasteiger partial charge on any atom is 0.250 e. The zero-order valence-electron chi connectivity index (χ0n) is 18.0. The molecule has 164 valence electrons.